The smallest absolute Gasteiger partial charge is 0.265 e. The Bertz CT molecular complexity index is 1280. The van der Waals surface area contributed by atoms with Gasteiger partial charge in [-0.25, -0.2) is 4.39 Å². The monoisotopic (exact) mass is 446 g/mol. The molecule has 5 rings (SSSR count). The van der Waals surface area contributed by atoms with Crippen LogP contribution >= 0.6 is 11.3 Å². The molecule has 1 aliphatic heterocycles. The Kier molecular flexibility index (Phi) is 5.33. The molecule has 5 nitrogen and oxygen atoms in total. The highest BCUT2D eigenvalue weighted by atomic mass is 32.1. The number of benzene rings is 2. The van der Waals surface area contributed by atoms with Gasteiger partial charge in [-0.05, 0) is 53.9 Å². The first-order chi connectivity index (χ1) is 15.6. The number of anilines is 1. The van der Waals surface area contributed by atoms with E-state index < -0.39 is 0 Å². The molecular formula is C25H19FN2O3S. The van der Waals surface area contributed by atoms with Crippen LogP contribution in [0.1, 0.15) is 31.4 Å². The van der Waals surface area contributed by atoms with Crippen molar-refractivity contribution in [2.75, 3.05) is 11.9 Å². The van der Waals surface area contributed by atoms with Crippen molar-refractivity contribution in [3.05, 3.63) is 99.7 Å². The zero-order valence-electron chi connectivity index (χ0n) is 17.0. The Hall–Kier alpha value is -3.71. The lowest BCUT2D eigenvalue weighted by Gasteiger charge is -2.26. The molecule has 0 radical (unpaired) electrons. The van der Waals surface area contributed by atoms with E-state index in [1.807, 2.05) is 41.8 Å². The fraction of sp³-hybridized carbons (Fsp3) is 0.120. The van der Waals surface area contributed by atoms with E-state index in [2.05, 4.69) is 5.32 Å². The minimum Gasteiger partial charge on any atom is -0.461 e. The van der Waals surface area contributed by atoms with Crippen LogP contribution < -0.4 is 5.32 Å². The standard InChI is InChI=1S/C25H19FN2O3S/c26-19-8-6-16(7-9-19)25(30)28-11-10-21-18(15-28)14-22(31-21)17-3-1-4-20(13-17)27-24(29)23-5-2-12-32-23/h1-9,12-14H,10-11,15H2,(H,27,29). The maximum absolute atomic E-state index is 13.2. The van der Waals surface area contributed by atoms with Crippen LogP contribution in [0.2, 0.25) is 0 Å². The fourth-order valence-electron chi connectivity index (χ4n) is 3.77. The molecule has 4 aromatic rings. The third kappa shape index (κ3) is 4.07. The lowest BCUT2D eigenvalue weighted by Crippen LogP contribution is -2.35. The fourth-order valence-corrected chi connectivity index (χ4v) is 4.39. The van der Waals surface area contributed by atoms with Crippen LogP contribution in [0, 0.1) is 5.82 Å². The molecule has 0 bridgehead atoms. The van der Waals surface area contributed by atoms with Crippen molar-refractivity contribution in [3.8, 4) is 11.3 Å². The predicted molar refractivity (Wildman–Crippen MR) is 121 cm³/mol. The van der Waals surface area contributed by atoms with Crippen molar-refractivity contribution in [1.82, 2.24) is 4.90 Å². The van der Waals surface area contributed by atoms with Crippen molar-refractivity contribution < 1.29 is 18.4 Å². The molecule has 2 aromatic heterocycles. The number of amides is 2. The SMILES string of the molecule is O=C(Nc1cccc(-c2cc3c(o2)CCN(C(=O)c2ccc(F)cc2)C3)c1)c1cccs1. The van der Waals surface area contributed by atoms with E-state index in [4.69, 9.17) is 4.42 Å². The molecular weight excluding hydrogens is 427 g/mol. The normalized spacial score (nSPS) is 13.0. The van der Waals surface area contributed by atoms with Crippen molar-refractivity contribution >= 4 is 28.8 Å². The van der Waals surface area contributed by atoms with Gasteiger partial charge in [0.15, 0.2) is 0 Å². The Morgan fingerprint density at radius 2 is 1.88 bits per heavy atom. The highest BCUT2D eigenvalue weighted by Gasteiger charge is 2.25. The van der Waals surface area contributed by atoms with Crippen LogP contribution in [0.15, 0.2) is 76.5 Å². The number of hydrogen-bond acceptors (Lipinski definition) is 4. The molecule has 2 amide bonds. The quantitative estimate of drug-likeness (QED) is 0.444. The predicted octanol–water partition coefficient (Wildman–Crippen LogP) is 5.60. The maximum Gasteiger partial charge on any atom is 0.265 e. The largest absolute Gasteiger partial charge is 0.461 e. The lowest BCUT2D eigenvalue weighted by atomic mass is 10.1. The van der Waals surface area contributed by atoms with E-state index in [9.17, 15) is 14.0 Å². The van der Waals surface area contributed by atoms with Crippen molar-refractivity contribution in [2.24, 2.45) is 0 Å². The molecule has 0 saturated heterocycles. The zero-order valence-corrected chi connectivity index (χ0v) is 17.8. The van der Waals surface area contributed by atoms with E-state index in [-0.39, 0.29) is 17.6 Å². The number of furan rings is 1. The average Bonchev–Trinajstić information content (AvgIpc) is 3.49. The second-order valence-electron chi connectivity index (χ2n) is 7.55. The first kappa shape index (κ1) is 20.2. The summed E-state index contributed by atoms with van der Waals surface area (Å²) < 4.78 is 19.2. The molecule has 1 N–H and O–H groups in total. The molecule has 0 saturated carbocycles. The van der Waals surface area contributed by atoms with Crippen LogP contribution in [0.5, 0.6) is 0 Å². The Morgan fingerprint density at radius 3 is 2.66 bits per heavy atom. The van der Waals surface area contributed by atoms with E-state index in [0.717, 1.165) is 16.9 Å². The number of carbonyl (C=O) groups excluding carboxylic acids is 2. The summed E-state index contributed by atoms with van der Waals surface area (Å²) in [6, 6.07) is 18.7. The van der Waals surface area contributed by atoms with Crippen LogP contribution in [0.4, 0.5) is 10.1 Å². The minimum absolute atomic E-state index is 0.128. The van der Waals surface area contributed by atoms with E-state index in [1.54, 1.807) is 11.0 Å². The molecule has 2 aromatic carbocycles. The van der Waals surface area contributed by atoms with Gasteiger partial charge in [-0.2, -0.15) is 0 Å². The lowest BCUT2D eigenvalue weighted by molar-refractivity contribution is 0.0729. The number of fused-ring (bicyclic) bond motifs is 1. The van der Waals surface area contributed by atoms with Crippen LogP contribution in [0.25, 0.3) is 11.3 Å². The summed E-state index contributed by atoms with van der Waals surface area (Å²) in [5.74, 6) is 0.910. The number of carbonyl (C=O) groups is 2. The average molecular weight is 447 g/mol. The van der Waals surface area contributed by atoms with E-state index in [1.165, 1.54) is 35.6 Å². The zero-order chi connectivity index (χ0) is 22.1. The number of rotatable bonds is 4. The molecule has 3 heterocycles. The van der Waals surface area contributed by atoms with Crippen LogP contribution in [-0.4, -0.2) is 23.3 Å². The third-order valence-electron chi connectivity index (χ3n) is 5.39. The number of nitrogens with one attached hydrogen (secondary N) is 1. The van der Waals surface area contributed by atoms with E-state index >= 15 is 0 Å². The molecule has 0 atom stereocenters. The molecule has 1 aliphatic rings. The molecule has 160 valence electrons. The Morgan fingerprint density at radius 1 is 1.03 bits per heavy atom. The highest BCUT2D eigenvalue weighted by molar-refractivity contribution is 7.12. The first-order valence-corrected chi connectivity index (χ1v) is 11.1. The van der Waals surface area contributed by atoms with Gasteiger partial charge in [0, 0.05) is 41.9 Å². The summed E-state index contributed by atoms with van der Waals surface area (Å²) in [6.07, 6.45) is 0.608. The van der Waals surface area contributed by atoms with Crippen molar-refractivity contribution in [3.63, 3.8) is 0 Å². The number of nitrogens with zero attached hydrogens (tertiary/aromatic N) is 1. The van der Waals surface area contributed by atoms with Crippen molar-refractivity contribution in [2.45, 2.75) is 13.0 Å². The summed E-state index contributed by atoms with van der Waals surface area (Å²) >= 11 is 1.39. The molecule has 0 unspecified atom stereocenters. The first-order valence-electron chi connectivity index (χ1n) is 10.2. The molecule has 0 aliphatic carbocycles. The van der Waals surface area contributed by atoms with Gasteiger partial charge in [0.25, 0.3) is 11.8 Å². The minimum atomic E-state index is -0.365. The molecule has 32 heavy (non-hydrogen) atoms. The molecule has 0 spiro atoms. The third-order valence-corrected chi connectivity index (χ3v) is 6.26. The second-order valence-corrected chi connectivity index (χ2v) is 8.50. The topological polar surface area (TPSA) is 62.6 Å². The summed E-state index contributed by atoms with van der Waals surface area (Å²) in [6.45, 7) is 0.969. The van der Waals surface area contributed by atoms with Crippen LogP contribution in [0.3, 0.4) is 0 Å². The van der Waals surface area contributed by atoms with Gasteiger partial charge < -0.3 is 14.6 Å². The van der Waals surface area contributed by atoms with Crippen LogP contribution in [-0.2, 0) is 13.0 Å². The number of hydrogen-bond donors (Lipinski definition) is 1. The van der Waals surface area contributed by atoms with Gasteiger partial charge in [0.05, 0.1) is 4.88 Å². The van der Waals surface area contributed by atoms with Gasteiger partial charge in [0.1, 0.15) is 17.3 Å². The van der Waals surface area contributed by atoms with E-state index in [0.29, 0.717) is 41.4 Å². The second kappa shape index (κ2) is 8.43. The van der Waals surface area contributed by atoms with Gasteiger partial charge in [-0.1, -0.05) is 18.2 Å². The Balaban J connectivity index is 1.33. The van der Waals surface area contributed by atoms with Gasteiger partial charge in [0.2, 0.25) is 0 Å². The molecule has 0 fully saturated rings. The van der Waals surface area contributed by atoms with Gasteiger partial charge >= 0.3 is 0 Å². The highest BCUT2D eigenvalue weighted by Crippen LogP contribution is 2.31. The summed E-state index contributed by atoms with van der Waals surface area (Å²) in [7, 11) is 0. The maximum atomic E-state index is 13.2. The van der Waals surface area contributed by atoms with Gasteiger partial charge in [-0.15, -0.1) is 11.3 Å². The van der Waals surface area contributed by atoms with Crippen molar-refractivity contribution in [1.29, 1.82) is 0 Å². The number of thiophene rings is 1. The summed E-state index contributed by atoms with van der Waals surface area (Å²) in [5, 5.41) is 4.77. The summed E-state index contributed by atoms with van der Waals surface area (Å²) in [5.41, 5.74) is 2.95. The number of halogens is 1. The summed E-state index contributed by atoms with van der Waals surface area (Å²) in [4.78, 5) is 27.5. The molecule has 7 heteroatoms. The Labute approximate surface area is 188 Å². The van der Waals surface area contributed by atoms with Gasteiger partial charge in [-0.3, -0.25) is 9.59 Å².